The van der Waals surface area contributed by atoms with Gasteiger partial charge in [0.25, 0.3) is 0 Å². The Bertz CT molecular complexity index is 654. The third kappa shape index (κ3) is 1.87. The summed E-state index contributed by atoms with van der Waals surface area (Å²) in [5.41, 5.74) is 0.500. The minimum atomic E-state index is -1.54. The maximum Gasteiger partial charge on any atom is 0.193 e. The topological polar surface area (TPSA) is 79.6 Å². The number of carbonyl (C=O) groups is 1. The molecule has 0 aliphatic carbocycles. The number of fused-ring (bicyclic) bond motifs is 1. The molecular formula is C12H9O5-. The third-order valence-electron chi connectivity index (χ3n) is 2.36. The number of rotatable bonds is 2. The summed E-state index contributed by atoms with van der Waals surface area (Å²) in [5, 5.41) is 11.0. The van der Waals surface area contributed by atoms with Crippen molar-refractivity contribution in [2.45, 2.75) is 6.92 Å². The number of hydrogen-bond donors (Lipinski definition) is 0. The molecule has 0 bridgehead atoms. The van der Waals surface area contributed by atoms with Crippen LogP contribution < -0.4 is 15.3 Å². The zero-order valence-corrected chi connectivity index (χ0v) is 9.27. The summed E-state index contributed by atoms with van der Waals surface area (Å²) in [6, 6.07) is 4.17. The van der Waals surface area contributed by atoms with Crippen LogP contribution in [0.15, 0.2) is 27.4 Å². The number of methoxy groups -OCH3 is 1. The fourth-order valence-corrected chi connectivity index (χ4v) is 1.62. The van der Waals surface area contributed by atoms with E-state index in [1.54, 1.807) is 19.1 Å². The maximum atomic E-state index is 11.7. The van der Waals surface area contributed by atoms with Gasteiger partial charge in [-0.05, 0) is 24.6 Å². The van der Waals surface area contributed by atoms with Crippen LogP contribution in [0.5, 0.6) is 5.75 Å². The molecule has 17 heavy (non-hydrogen) atoms. The zero-order chi connectivity index (χ0) is 12.6. The Morgan fingerprint density at radius 1 is 1.35 bits per heavy atom. The maximum absolute atomic E-state index is 11.7. The summed E-state index contributed by atoms with van der Waals surface area (Å²) < 4.78 is 10.1. The van der Waals surface area contributed by atoms with Crippen LogP contribution in [0.4, 0.5) is 0 Å². The Morgan fingerprint density at radius 2 is 2.06 bits per heavy atom. The lowest BCUT2D eigenvalue weighted by Crippen LogP contribution is -2.23. The number of carbonyl (C=O) groups excluding carboxylic acids is 1. The van der Waals surface area contributed by atoms with Gasteiger partial charge in [-0.25, -0.2) is 0 Å². The molecule has 0 amide bonds. The number of carboxylic acid groups (broad SMARTS) is 1. The highest BCUT2D eigenvalue weighted by atomic mass is 16.5. The smallest absolute Gasteiger partial charge is 0.193 e. The number of aromatic carboxylic acids is 1. The van der Waals surface area contributed by atoms with Gasteiger partial charge < -0.3 is 19.1 Å². The van der Waals surface area contributed by atoms with Crippen LogP contribution in [0.25, 0.3) is 11.0 Å². The lowest BCUT2D eigenvalue weighted by molar-refractivity contribution is -0.257. The SMILES string of the molecule is COc1cc(C)cc2c(=O)cc(C(=O)[O-])oc12. The number of aryl methyl sites for hydroxylation is 1. The molecular weight excluding hydrogens is 224 g/mol. The van der Waals surface area contributed by atoms with E-state index in [1.165, 1.54) is 7.11 Å². The molecule has 0 radical (unpaired) electrons. The molecule has 2 aromatic rings. The Labute approximate surface area is 96.2 Å². The van der Waals surface area contributed by atoms with Crippen LogP contribution in [0, 0.1) is 6.92 Å². The molecule has 2 rings (SSSR count). The third-order valence-corrected chi connectivity index (χ3v) is 2.36. The average Bonchev–Trinajstić information content (AvgIpc) is 2.28. The Balaban J connectivity index is 2.91. The molecule has 0 fully saturated rings. The van der Waals surface area contributed by atoms with Crippen LogP contribution in [0.3, 0.4) is 0 Å². The van der Waals surface area contributed by atoms with Crippen molar-refractivity contribution in [1.29, 1.82) is 0 Å². The Morgan fingerprint density at radius 3 is 2.65 bits per heavy atom. The van der Waals surface area contributed by atoms with Gasteiger partial charge in [0.15, 0.2) is 22.5 Å². The molecule has 0 unspecified atom stereocenters. The summed E-state index contributed by atoms with van der Waals surface area (Å²) in [7, 11) is 1.42. The Hall–Kier alpha value is -2.30. The first-order valence-electron chi connectivity index (χ1n) is 4.87. The molecule has 88 valence electrons. The van der Waals surface area contributed by atoms with Crippen molar-refractivity contribution in [3.63, 3.8) is 0 Å². The second kappa shape index (κ2) is 3.93. The van der Waals surface area contributed by atoms with Gasteiger partial charge in [-0.1, -0.05) is 0 Å². The highest BCUT2D eigenvalue weighted by molar-refractivity contribution is 5.88. The minimum absolute atomic E-state index is 0.116. The molecule has 0 N–H and O–H groups in total. The summed E-state index contributed by atoms with van der Waals surface area (Å²) in [4.78, 5) is 22.4. The van der Waals surface area contributed by atoms with Gasteiger partial charge in [0.2, 0.25) is 0 Å². The van der Waals surface area contributed by atoms with E-state index in [1.807, 2.05) is 0 Å². The van der Waals surface area contributed by atoms with E-state index in [0.717, 1.165) is 11.6 Å². The quantitative estimate of drug-likeness (QED) is 0.753. The van der Waals surface area contributed by atoms with Gasteiger partial charge in [-0.15, -0.1) is 0 Å². The zero-order valence-electron chi connectivity index (χ0n) is 9.27. The standard InChI is InChI=1S/C12H10O5/c1-6-3-7-8(13)5-10(12(14)15)17-11(7)9(4-6)16-2/h3-5H,1-2H3,(H,14,15)/p-1. The summed E-state index contributed by atoms with van der Waals surface area (Å²) in [6.07, 6.45) is 0. The van der Waals surface area contributed by atoms with Crippen molar-refractivity contribution in [3.8, 4) is 5.75 Å². The predicted octanol–water partition coefficient (Wildman–Crippen LogP) is 0.474. The number of benzene rings is 1. The van der Waals surface area contributed by atoms with Crippen molar-refractivity contribution in [2.75, 3.05) is 7.11 Å². The first-order chi connectivity index (χ1) is 8.02. The second-order valence-electron chi connectivity index (χ2n) is 3.61. The molecule has 0 saturated heterocycles. The number of ether oxygens (including phenoxy) is 1. The van der Waals surface area contributed by atoms with Crippen LogP contribution in [0.2, 0.25) is 0 Å². The van der Waals surface area contributed by atoms with Crippen LogP contribution in [-0.4, -0.2) is 13.1 Å². The molecule has 0 atom stereocenters. The Kier molecular flexibility index (Phi) is 2.59. The molecule has 1 aromatic carbocycles. The highest BCUT2D eigenvalue weighted by Crippen LogP contribution is 2.25. The molecule has 1 heterocycles. The lowest BCUT2D eigenvalue weighted by Gasteiger charge is -2.08. The average molecular weight is 233 g/mol. The summed E-state index contributed by atoms with van der Waals surface area (Å²) in [6.45, 7) is 1.80. The summed E-state index contributed by atoms with van der Waals surface area (Å²) >= 11 is 0. The van der Waals surface area contributed by atoms with Gasteiger partial charge in [0.05, 0.1) is 12.5 Å². The number of hydrogen-bond acceptors (Lipinski definition) is 5. The number of carboxylic acids is 1. The van der Waals surface area contributed by atoms with E-state index in [-0.39, 0.29) is 11.0 Å². The predicted molar refractivity (Wildman–Crippen MR) is 58.1 cm³/mol. The highest BCUT2D eigenvalue weighted by Gasteiger charge is 2.11. The van der Waals surface area contributed by atoms with E-state index < -0.39 is 17.2 Å². The summed E-state index contributed by atoms with van der Waals surface area (Å²) in [5.74, 6) is -1.73. The monoisotopic (exact) mass is 233 g/mol. The molecule has 0 saturated carbocycles. The molecule has 5 nitrogen and oxygen atoms in total. The van der Waals surface area contributed by atoms with Crippen molar-refractivity contribution < 1.29 is 19.1 Å². The van der Waals surface area contributed by atoms with Gasteiger partial charge >= 0.3 is 0 Å². The largest absolute Gasteiger partial charge is 0.542 e. The molecule has 0 spiro atoms. The van der Waals surface area contributed by atoms with Crippen molar-refractivity contribution in [1.82, 2.24) is 0 Å². The van der Waals surface area contributed by atoms with Crippen molar-refractivity contribution in [3.05, 3.63) is 39.7 Å². The van der Waals surface area contributed by atoms with Crippen molar-refractivity contribution >= 4 is 16.9 Å². The van der Waals surface area contributed by atoms with E-state index in [4.69, 9.17) is 9.15 Å². The van der Waals surface area contributed by atoms with E-state index >= 15 is 0 Å². The second-order valence-corrected chi connectivity index (χ2v) is 3.61. The van der Waals surface area contributed by atoms with Gasteiger partial charge in [-0.2, -0.15) is 0 Å². The first-order valence-corrected chi connectivity index (χ1v) is 4.87. The molecule has 1 aromatic heterocycles. The normalized spacial score (nSPS) is 10.5. The fraction of sp³-hybridized carbons (Fsp3) is 0.167. The fourth-order valence-electron chi connectivity index (χ4n) is 1.62. The van der Waals surface area contributed by atoms with Gasteiger partial charge in [0.1, 0.15) is 5.97 Å². The first kappa shape index (κ1) is 11.2. The lowest BCUT2D eigenvalue weighted by atomic mass is 10.1. The van der Waals surface area contributed by atoms with Gasteiger partial charge in [-0.3, -0.25) is 4.79 Å². The van der Waals surface area contributed by atoms with Crippen LogP contribution in [0.1, 0.15) is 16.1 Å². The van der Waals surface area contributed by atoms with Crippen LogP contribution >= 0.6 is 0 Å². The molecule has 0 aliphatic rings. The van der Waals surface area contributed by atoms with E-state index in [2.05, 4.69) is 0 Å². The van der Waals surface area contributed by atoms with Crippen molar-refractivity contribution in [2.24, 2.45) is 0 Å². The minimum Gasteiger partial charge on any atom is -0.542 e. The van der Waals surface area contributed by atoms with E-state index in [0.29, 0.717) is 5.75 Å². The molecule has 5 heteroatoms. The molecule has 0 aliphatic heterocycles. The van der Waals surface area contributed by atoms with E-state index in [9.17, 15) is 14.7 Å². The van der Waals surface area contributed by atoms with Gasteiger partial charge in [0, 0.05) is 6.07 Å². The van der Waals surface area contributed by atoms with Crippen LogP contribution in [-0.2, 0) is 0 Å².